The van der Waals surface area contributed by atoms with Crippen LogP contribution < -0.4 is 4.89 Å². The molecule has 0 rings (SSSR count). The van der Waals surface area contributed by atoms with Crippen LogP contribution in [0.2, 0.25) is 0 Å². The average Bonchev–Trinajstić information content (AvgIpc) is 3.61. The summed E-state index contributed by atoms with van der Waals surface area (Å²) in [6.45, 7) is 4.13. The quantitative estimate of drug-likeness (QED) is 0.0195. The van der Waals surface area contributed by atoms with Crippen molar-refractivity contribution in [3.8, 4) is 0 Å². The first kappa shape index (κ1) is 80.4. The van der Waals surface area contributed by atoms with Crippen molar-refractivity contribution in [2.75, 3.05) is 47.5 Å². The maximum atomic E-state index is 12.8. The zero-order valence-corrected chi connectivity index (χ0v) is 55.7. The maximum absolute atomic E-state index is 12.8. The first-order chi connectivity index (χ1) is 41.0. The largest absolute Gasteiger partial charge is 0.756 e. The Morgan fingerprint density at radius 2 is 0.679 bits per heavy atom. The number of carbonyl (C=O) groups excluding carboxylic acids is 2. The van der Waals surface area contributed by atoms with Crippen molar-refractivity contribution in [3.63, 3.8) is 0 Å². The number of hydrogen-bond donors (Lipinski definition) is 0. The van der Waals surface area contributed by atoms with Gasteiger partial charge in [0.1, 0.15) is 19.8 Å². The molecule has 0 aromatic rings. The van der Waals surface area contributed by atoms with E-state index in [4.69, 9.17) is 18.5 Å². The van der Waals surface area contributed by atoms with E-state index in [-0.39, 0.29) is 32.0 Å². The van der Waals surface area contributed by atoms with Crippen molar-refractivity contribution in [3.05, 3.63) is 122 Å². The van der Waals surface area contributed by atoms with Gasteiger partial charge in [0.25, 0.3) is 7.82 Å². The lowest BCUT2D eigenvalue weighted by Gasteiger charge is -2.28. The SMILES string of the molecule is CC/C=C\C/C=C\C/C=C\C/C=C\C/C=C\C/C=C\C/C=C\C/C=C\C/C=C\CCCCCCCCCCCCCCCC(=O)OC(COC(=O)CCCCCCCCCCC/C=C\CCCCCCCC)COP(=O)([O-])OCC[N+](C)(C)C. The van der Waals surface area contributed by atoms with E-state index in [1.807, 2.05) is 21.1 Å². The van der Waals surface area contributed by atoms with E-state index in [9.17, 15) is 19.0 Å². The Morgan fingerprint density at radius 1 is 0.381 bits per heavy atom. The molecule has 10 heteroatoms. The second-order valence-corrected chi connectivity index (χ2v) is 25.2. The van der Waals surface area contributed by atoms with Crippen LogP contribution in [0, 0.1) is 0 Å². The van der Waals surface area contributed by atoms with Gasteiger partial charge in [0.15, 0.2) is 6.10 Å². The van der Waals surface area contributed by atoms with Gasteiger partial charge in [0.05, 0.1) is 27.7 Å². The fourth-order valence-corrected chi connectivity index (χ4v) is 9.96. The fourth-order valence-electron chi connectivity index (χ4n) is 9.23. The summed E-state index contributed by atoms with van der Waals surface area (Å²) >= 11 is 0. The van der Waals surface area contributed by atoms with Crippen LogP contribution in [0.4, 0.5) is 0 Å². The van der Waals surface area contributed by atoms with Crippen molar-refractivity contribution < 1.29 is 42.1 Å². The molecule has 0 fully saturated rings. The van der Waals surface area contributed by atoms with Crippen LogP contribution in [0.3, 0.4) is 0 Å². The zero-order valence-electron chi connectivity index (χ0n) is 54.8. The minimum atomic E-state index is -4.65. The van der Waals surface area contributed by atoms with Gasteiger partial charge >= 0.3 is 11.9 Å². The molecule has 0 heterocycles. The van der Waals surface area contributed by atoms with Gasteiger partial charge < -0.3 is 27.9 Å². The minimum Gasteiger partial charge on any atom is -0.756 e. The van der Waals surface area contributed by atoms with Crippen LogP contribution in [0.5, 0.6) is 0 Å². The molecule has 0 bridgehead atoms. The van der Waals surface area contributed by atoms with Gasteiger partial charge in [0.2, 0.25) is 0 Å². The highest BCUT2D eigenvalue weighted by atomic mass is 31.2. The van der Waals surface area contributed by atoms with Crippen molar-refractivity contribution in [2.45, 2.75) is 290 Å². The molecule has 0 saturated carbocycles. The molecule has 2 atom stereocenters. The Morgan fingerprint density at radius 3 is 1.02 bits per heavy atom. The summed E-state index contributed by atoms with van der Waals surface area (Å²) in [7, 11) is 1.16. The molecule has 0 saturated heterocycles. The van der Waals surface area contributed by atoms with Crippen LogP contribution in [-0.2, 0) is 32.7 Å². The lowest BCUT2D eigenvalue weighted by atomic mass is 10.0. The summed E-state index contributed by atoms with van der Waals surface area (Å²) in [5.41, 5.74) is 0. The number of unbranched alkanes of at least 4 members (excludes halogenated alkanes) is 28. The van der Waals surface area contributed by atoms with Crippen molar-refractivity contribution in [1.29, 1.82) is 0 Å². The highest BCUT2D eigenvalue weighted by molar-refractivity contribution is 7.45. The number of allylic oxidation sites excluding steroid dienone is 20. The molecule has 9 nitrogen and oxygen atoms in total. The number of quaternary nitrogens is 1. The Hall–Kier alpha value is -3.59. The summed E-state index contributed by atoms with van der Waals surface area (Å²) in [4.78, 5) is 38.0. The number of nitrogens with zero attached hydrogens (tertiary/aromatic N) is 1. The molecule has 0 aliphatic heterocycles. The Kier molecular flexibility index (Phi) is 61.2. The van der Waals surface area contributed by atoms with Crippen molar-refractivity contribution >= 4 is 19.8 Å². The number of esters is 2. The molecule has 0 aromatic carbocycles. The Bertz CT molecular complexity index is 1830. The topological polar surface area (TPSA) is 111 Å². The molecular weight excluding hydrogens is 1060 g/mol. The highest BCUT2D eigenvalue weighted by Gasteiger charge is 2.22. The Balaban J connectivity index is 4.04. The van der Waals surface area contributed by atoms with Gasteiger partial charge in [-0.05, 0) is 109 Å². The van der Waals surface area contributed by atoms with Gasteiger partial charge in [-0.25, -0.2) is 0 Å². The van der Waals surface area contributed by atoms with Gasteiger partial charge in [0, 0.05) is 12.8 Å². The van der Waals surface area contributed by atoms with E-state index in [1.54, 1.807) is 0 Å². The fraction of sp³-hybridized carbons (Fsp3) is 0.703. The van der Waals surface area contributed by atoms with Crippen LogP contribution in [-0.4, -0.2) is 70.0 Å². The minimum absolute atomic E-state index is 0.0348. The van der Waals surface area contributed by atoms with Crippen LogP contribution in [0.1, 0.15) is 284 Å². The van der Waals surface area contributed by atoms with E-state index in [0.29, 0.717) is 17.4 Å². The molecule has 0 spiro atoms. The van der Waals surface area contributed by atoms with E-state index < -0.39 is 26.5 Å². The van der Waals surface area contributed by atoms with E-state index >= 15 is 0 Å². The number of likely N-dealkylation sites (N-methyl/N-ethyl adjacent to an activating group) is 1. The number of carbonyl (C=O) groups is 2. The second kappa shape index (κ2) is 63.9. The standard InChI is InChI=1S/C74H128NO8P/c1-6-8-10-12-14-16-18-20-22-24-26-27-28-29-30-31-32-33-34-35-36-37-38-39-40-41-42-43-44-45-46-47-49-51-53-55-57-59-61-63-65-67-74(77)83-72(71-82-84(78,79)81-69-68-75(3,4)5)70-80-73(76)66-64-62-60-58-56-54-52-50-48-25-23-21-19-17-15-13-11-9-7-2/h8,10,14,16,20-23,26-27,29-30,32-33,35-36,38-39,41-42,72H,6-7,9,11-13,15,17-19,24-25,28,31,34,37,40,43-71H2,1-5H3/b10-8-,16-14-,22-20-,23-21-,27-26-,30-29-,33-32-,36-35-,39-38-,42-41-. The number of hydrogen-bond acceptors (Lipinski definition) is 8. The first-order valence-electron chi connectivity index (χ1n) is 34.2. The molecule has 0 N–H and O–H groups in total. The predicted molar refractivity (Wildman–Crippen MR) is 360 cm³/mol. The summed E-state index contributed by atoms with van der Waals surface area (Å²) in [5.74, 6) is -0.834. The van der Waals surface area contributed by atoms with Crippen molar-refractivity contribution in [1.82, 2.24) is 0 Å². The lowest BCUT2D eigenvalue weighted by Crippen LogP contribution is -2.37. The molecular formula is C74H128NO8P. The summed E-state index contributed by atoms with van der Waals surface area (Å²) in [5, 5.41) is 0. The molecule has 84 heavy (non-hydrogen) atoms. The number of rotatable bonds is 62. The van der Waals surface area contributed by atoms with E-state index in [1.165, 1.54) is 154 Å². The third-order valence-corrected chi connectivity index (χ3v) is 15.4. The smallest absolute Gasteiger partial charge is 0.306 e. The monoisotopic (exact) mass is 1190 g/mol. The first-order valence-corrected chi connectivity index (χ1v) is 35.7. The van der Waals surface area contributed by atoms with Crippen LogP contribution in [0.15, 0.2) is 122 Å². The van der Waals surface area contributed by atoms with Gasteiger partial charge in [-0.15, -0.1) is 0 Å². The van der Waals surface area contributed by atoms with E-state index in [2.05, 4.69) is 135 Å². The second-order valence-electron chi connectivity index (χ2n) is 23.8. The predicted octanol–water partition coefficient (Wildman–Crippen LogP) is 21.6. The van der Waals surface area contributed by atoms with Crippen LogP contribution >= 0.6 is 7.82 Å². The summed E-state index contributed by atoms with van der Waals surface area (Å²) in [6, 6.07) is 0. The number of phosphoric ester groups is 1. The highest BCUT2D eigenvalue weighted by Crippen LogP contribution is 2.38. The number of phosphoric acid groups is 1. The van der Waals surface area contributed by atoms with Gasteiger partial charge in [-0.1, -0.05) is 283 Å². The molecule has 0 amide bonds. The molecule has 0 aliphatic rings. The lowest BCUT2D eigenvalue weighted by molar-refractivity contribution is -0.870. The Labute approximate surface area is 518 Å². The summed E-state index contributed by atoms with van der Waals surface area (Å²) in [6.07, 6.45) is 91.3. The third kappa shape index (κ3) is 67.5. The molecule has 482 valence electrons. The van der Waals surface area contributed by atoms with E-state index in [0.717, 1.165) is 96.3 Å². The van der Waals surface area contributed by atoms with Gasteiger partial charge in [-0.3, -0.25) is 14.2 Å². The molecule has 0 radical (unpaired) electrons. The third-order valence-electron chi connectivity index (χ3n) is 14.5. The molecule has 0 aromatic heterocycles. The number of ether oxygens (including phenoxy) is 2. The molecule has 2 unspecified atom stereocenters. The molecule has 0 aliphatic carbocycles. The van der Waals surface area contributed by atoms with Crippen LogP contribution in [0.25, 0.3) is 0 Å². The van der Waals surface area contributed by atoms with Gasteiger partial charge in [-0.2, -0.15) is 0 Å². The average molecular weight is 1190 g/mol. The van der Waals surface area contributed by atoms with Crippen molar-refractivity contribution in [2.24, 2.45) is 0 Å². The zero-order chi connectivity index (χ0) is 61.2. The normalized spacial score (nSPS) is 13.9. The maximum Gasteiger partial charge on any atom is 0.306 e. The summed E-state index contributed by atoms with van der Waals surface area (Å²) < 4.78 is 34.3.